The molecule has 1 aromatic carbocycles. The van der Waals surface area contributed by atoms with Gasteiger partial charge in [-0.1, -0.05) is 12.5 Å². The molecule has 0 bridgehead atoms. The van der Waals surface area contributed by atoms with Crippen LogP contribution in [0.5, 0.6) is 11.5 Å². The number of phenols is 2. The van der Waals surface area contributed by atoms with Gasteiger partial charge in [0.2, 0.25) is 23.6 Å². The molecule has 2 unspecified atom stereocenters. The highest BCUT2D eigenvalue weighted by Crippen LogP contribution is 2.25. The van der Waals surface area contributed by atoms with Crippen LogP contribution in [-0.2, 0) is 33.4 Å². The van der Waals surface area contributed by atoms with Crippen molar-refractivity contribution in [3.8, 4) is 11.5 Å². The molecule has 4 amide bonds. The number of unbranched alkanes of at least 4 members (excludes halogenated alkanes) is 2. The number of rotatable bonds is 23. The van der Waals surface area contributed by atoms with Crippen LogP contribution in [0.1, 0.15) is 48.0 Å². The number of nitrogens with one attached hydrogen (secondary N) is 3. The van der Waals surface area contributed by atoms with Crippen LogP contribution in [0.2, 0.25) is 0 Å². The number of ether oxygens (including phenoxy) is 2. The van der Waals surface area contributed by atoms with Gasteiger partial charge in [-0.2, -0.15) is 11.8 Å². The number of benzene rings is 1. The summed E-state index contributed by atoms with van der Waals surface area (Å²) in [5, 5.41) is 26.7. The van der Waals surface area contributed by atoms with Gasteiger partial charge in [0.05, 0.1) is 30.9 Å². The van der Waals surface area contributed by atoms with Gasteiger partial charge in [-0.15, -0.1) is 11.8 Å². The van der Waals surface area contributed by atoms with Gasteiger partial charge in [-0.25, -0.2) is 14.6 Å². The molecule has 0 radical (unpaired) electrons. The van der Waals surface area contributed by atoms with Crippen LogP contribution in [-0.4, -0.2) is 133 Å². The summed E-state index contributed by atoms with van der Waals surface area (Å²) in [7, 11) is 6.50. The van der Waals surface area contributed by atoms with Crippen molar-refractivity contribution in [2.24, 2.45) is 11.5 Å². The molecule has 2 atom stereocenters. The number of thioether (sulfide) groups is 2. The fraction of sp³-hybridized carbons (Fsp3) is 0.472. The lowest BCUT2D eigenvalue weighted by atomic mass is 10.2. The second kappa shape index (κ2) is 27.7. The Morgan fingerprint density at radius 2 is 1.65 bits per heavy atom. The first-order valence-corrected chi connectivity index (χ1v) is 19.4. The molecule has 0 aliphatic rings. The van der Waals surface area contributed by atoms with Crippen LogP contribution in [0.25, 0.3) is 6.08 Å². The Hall–Kier alpha value is -4.85. The molecule has 1 heterocycles. The van der Waals surface area contributed by atoms with Gasteiger partial charge in [0, 0.05) is 62.0 Å². The number of carbonyl (C=O) groups is 6. The number of hydrogen-bond donors (Lipinski definition) is 7. The summed E-state index contributed by atoms with van der Waals surface area (Å²) in [5.41, 5.74) is 11.7. The summed E-state index contributed by atoms with van der Waals surface area (Å²) in [5.74, 6) is -1.20. The maximum atomic E-state index is 12.4. The highest BCUT2D eigenvalue weighted by Gasteiger charge is 2.22. The van der Waals surface area contributed by atoms with E-state index in [4.69, 9.17) is 26.4 Å². The van der Waals surface area contributed by atoms with Crippen LogP contribution in [0, 0.1) is 0 Å². The SMILES string of the molecule is COC(=O)c1ccc(SCC(NC(=O)CCNC(=O)CCCCCNC(=O)C(N)CSCCN(C)C)C(=O)OC)nc1.NC(=O)/C=C/c1ccc(O)c(O)c1. The minimum absolute atomic E-state index is 0.00427. The quantitative estimate of drug-likeness (QED) is 0.0272. The molecule has 0 aliphatic heterocycles. The molecule has 0 spiro atoms. The van der Waals surface area contributed by atoms with Crippen molar-refractivity contribution in [3.05, 3.63) is 53.7 Å². The number of pyridine rings is 1. The molecular weight excluding hydrogens is 755 g/mol. The van der Waals surface area contributed by atoms with E-state index in [1.54, 1.807) is 30.0 Å². The summed E-state index contributed by atoms with van der Waals surface area (Å²) in [6.45, 7) is 1.57. The van der Waals surface area contributed by atoms with E-state index in [9.17, 15) is 28.8 Å². The van der Waals surface area contributed by atoms with Gasteiger partial charge >= 0.3 is 11.9 Å². The Morgan fingerprint density at radius 1 is 0.909 bits per heavy atom. The van der Waals surface area contributed by atoms with E-state index < -0.39 is 35.8 Å². The predicted octanol–water partition coefficient (Wildman–Crippen LogP) is 1.02. The molecule has 19 heteroatoms. The third-order valence-corrected chi connectivity index (χ3v) is 9.29. The van der Waals surface area contributed by atoms with E-state index in [0.717, 1.165) is 25.1 Å². The Morgan fingerprint density at radius 3 is 2.27 bits per heavy atom. The number of amides is 4. The second-order valence-electron chi connectivity index (χ2n) is 12.0. The molecule has 0 fully saturated rings. The van der Waals surface area contributed by atoms with E-state index >= 15 is 0 Å². The fourth-order valence-corrected chi connectivity index (χ4v) is 6.05. The second-order valence-corrected chi connectivity index (χ2v) is 14.2. The molecule has 0 saturated heterocycles. The molecule has 2 rings (SSSR count). The number of aromatic hydroxyl groups is 2. The van der Waals surface area contributed by atoms with E-state index in [0.29, 0.717) is 41.3 Å². The number of hydrogen-bond acceptors (Lipinski definition) is 15. The van der Waals surface area contributed by atoms with E-state index in [1.807, 2.05) is 14.1 Å². The number of esters is 2. The first kappa shape index (κ1) is 48.2. The summed E-state index contributed by atoms with van der Waals surface area (Å²) in [6, 6.07) is 5.92. The average Bonchev–Trinajstić information content (AvgIpc) is 3.16. The van der Waals surface area contributed by atoms with Crippen molar-refractivity contribution in [2.75, 3.05) is 65.2 Å². The first-order valence-electron chi connectivity index (χ1n) is 17.2. The zero-order chi connectivity index (χ0) is 41.2. The van der Waals surface area contributed by atoms with Gasteiger partial charge in [0.25, 0.3) is 0 Å². The fourth-order valence-electron chi connectivity index (χ4n) is 4.14. The van der Waals surface area contributed by atoms with Crippen LogP contribution >= 0.6 is 23.5 Å². The molecule has 1 aromatic heterocycles. The van der Waals surface area contributed by atoms with Gasteiger partial charge < -0.3 is 52.0 Å². The van der Waals surface area contributed by atoms with E-state index in [-0.39, 0.29) is 42.0 Å². The number of carbonyl (C=O) groups excluding carboxylic acids is 6. The zero-order valence-corrected chi connectivity index (χ0v) is 33.2. The summed E-state index contributed by atoms with van der Waals surface area (Å²) >= 11 is 2.86. The maximum Gasteiger partial charge on any atom is 0.339 e. The Bertz CT molecular complexity index is 1560. The third kappa shape index (κ3) is 22.2. The number of nitrogens with two attached hydrogens (primary N) is 2. The third-order valence-electron chi connectivity index (χ3n) is 7.19. The predicted molar refractivity (Wildman–Crippen MR) is 211 cm³/mol. The molecule has 9 N–H and O–H groups in total. The largest absolute Gasteiger partial charge is 0.504 e. The number of methoxy groups -OCH3 is 2. The monoisotopic (exact) mass is 807 g/mol. The number of primary amides is 1. The van der Waals surface area contributed by atoms with Crippen molar-refractivity contribution in [2.45, 2.75) is 49.2 Å². The topological polar surface area (TPSA) is 266 Å². The summed E-state index contributed by atoms with van der Waals surface area (Å²) in [4.78, 5) is 76.7. The molecule has 17 nitrogen and oxygen atoms in total. The van der Waals surface area contributed by atoms with Crippen molar-refractivity contribution < 1.29 is 48.5 Å². The van der Waals surface area contributed by atoms with Crippen LogP contribution < -0.4 is 27.4 Å². The normalized spacial score (nSPS) is 11.8. The Labute approximate surface area is 329 Å². The van der Waals surface area contributed by atoms with Crippen molar-refractivity contribution in [3.63, 3.8) is 0 Å². The van der Waals surface area contributed by atoms with Crippen molar-refractivity contribution in [1.29, 1.82) is 0 Å². The average molecular weight is 808 g/mol. The Balaban J connectivity index is 0.000000974. The van der Waals surface area contributed by atoms with Crippen LogP contribution in [0.4, 0.5) is 0 Å². The number of aromatic nitrogens is 1. The highest BCUT2D eigenvalue weighted by molar-refractivity contribution is 7.99. The summed E-state index contributed by atoms with van der Waals surface area (Å²) in [6.07, 6.45) is 6.44. The van der Waals surface area contributed by atoms with Crippen LogP contribution in [0.15, 0.2) is 47.6 Å². The molecule has 304 valence electrons. The van der Waals surface area contributed by atoms with Crippen LogP contribution in [0.3, 0.4) is 0 Å². The lowest BCUT2D eigenvalue weighted by Gasteiger charge is -2.16. The van der Waals surface area contributed by atoms with Gasteiger partial charge in [0.15, 0.2) is 11.5 Å². The number of nitrogens with zero attached hydrogens (tertiary/aromatic N) is 2. The minimum atomic E-state index is -0.915. The smallest absolute Gasteiger partial charge is 0.339 e. The standard InChI is InChI=1S/C27H44N6O7S2.C9H9NO3/c1-33(2)14-15-41-17-20(28)25(36)30-12-7-5-6-8-22(34)29-13-11-23(35)32-21(27(38)40-4)18-42-24-10-9-19(16-31-24)26(37)39-3;10-9(13)4-2-6-1-3-7(11)8(12)5-6/h9-10,16,20-21H,5-8,11-15,17-18,28H2,1-4H3,(H,29,34)(H,30,36)(H,32,35);1-5,11-12H,(H2,10,13)/b;4-2+. The zero-order valence-electron chi connectivity index (χ0n) is 31.6. The lowest BCUT2D eigenvalue weighted by molar-refractivity contribution is -0.144. The van der Waals surface area contributed by atoms with Gasteiger partial charge in [-0.05, 0) is 62.8 Å². The number of phenolic OH excluding ortho intramolecular Hbond substituents is 2. The Kier molecular flexibility index (Phi) is 24.3. The molecule has 0 saturated carbocycles. The molecule has 55 heavy (non-hydrogen) atoms. The summed E-state index contributed by atoms with van der Waals surface area (Å²) < 4.78 is 9.42. The van der Waals surface area contributed by atoms with Gasteiger partial charge in [0.1, 0.15) is 6.04 Å². The molecule has 2 aromatic rings. The minimum Gasteiger partial charge on any atom is -0.504 e. The maximum absolute atomic E-state index is 12.4. The van der Waals surface area contributed by atoms with E-state index in [2.05, 4.69) is 30.6 Å². The van der Waals surface area contributed by atoms with E-state index in [1.165, 1.54) is 56.5 Å². The van der Waals surface area contributed by atoms with Crippen molar-refractivity contribution >= 4 is 65.2 Å². The van der Waals surface area contributed by atoms with Gasteiger partial charge in [-0.3, -0.25) is 19.2 Å². The van der Waals surface area contributed by atoms with Crippen molar-refractivity contribution in [1.82, 2.24) is 25.8 Å². The molecular formula is C36H53N7O10S2. The lowest BCUT2D eigenvalue weighted by Crippen LogP contribution is -2.44. The highest BCUT2D eigenvalue weighted by atomic mass is 32.2. The molecule has 0 aliphatic carbocycles. The first-order chi connectivity index (χ1) is 26.2.